The third-order valence-corrected chi connectivity index (χ3v) is 2.49. The summed E-state index contributed by atoms with van der Waals surface area (Å²) in [5, 5.41) is 1.11. The molecule has 0 fully saturated rings. The smallest absolute Gasteiger partial charge is 0.402 e. The summed E-state index contributed by atoms with van der Waals surface area (Å²) in [5.74, 6) is 0.106. The third kappa shape index (κ3) is 2.33. The van der Waals surface area contributed by atoms with Gasteiger partial charge in [-0.15, -0.1) is 0 Å². The first-order valence-corrected chi connectivity index (χ1v) is 5.88. The molecule has 0 aliphatic carbocycles. The molecule has 0 bridgehead atoms. The molecule has 0 saturated heterocycles. The molecule has 0 unspecified atom stereocenters. The fourth-order valence-electron chi connectivity index (χ4n) is 1.28. The van der Waals surface area contributed by atoms with Crippen molar-refractivity contribution in [2.24, 2.45) is 0 Å². The lowest BCUT2D eigenvalue weighted by molar-refractivity contribution is 0.284. The molecule has 1 aromatic heterocycles. The number of H-pyrrole nitrogens is 1. The van der Waals surface area contributed by atoms with Gasteiger partial charge < -0.3 is 9.51 Å². The van der Waals surface area contributed by atoms with Gasteiger partial charge in [0.05, 0.1) is 5.52 Å². The van der Waals surface area contributed by atoms with Crippen molar-refractivity contribution in [2.45, 2.75) is 0 Å². The summed E-state index contributed by atoms with van der Waals surface area (Å²) in [6.07, 6.45) is 1.38. The lowest BCUT2D eigenvalue weighted by atomic mass is 10.2. The number of benzene rings is 1. The van der Waals surface area contributed by atoms with E-state index < -0.39 is 7.82 Å². The topological polar surface area (TPSA) is 82.6 Å². The molecule has 0 spiro atoms. The van der Waals surface area contributed by atoms with Crippen LogP contribution in [0, 0.1) is 0 Å². The molecule has 1 heterocycles. The van der Waals surface area contributed by atoms with Crippen molar-refractivity contribution in [1.82, 2.24) is 4.98 Å². The van der Waals surface area contributed by atoms with E-state index in [-0.39, 0.29) is 5.75 Å². The first kappa shape index (κ1) is 10.5. The monoisotopic (exact) mass is 247 g/mol. The number of aromatic amines is 1. The van der Waals surface area contributed by atoms with Crippen molar-refractivity contribution < 1.29 is 18.9 Å². The van der Waals surface area contributed by atoms with Crippen LogP contribution in [0.5, 0.6) is 5.75 Å². The van der Waals surface area contributed by atoms with Crippen LogP contribution in [0.3, 0.4) is 0 Å². The molecule has 3 N–H and O–H groups in total. The van der Waals surface area contributed by atoms with Crippen LogP contribution in [0.15, 0.2) is 24.4 Å². The van der Waals surface area contributed by atoms with Crippen LogP contribution in [0.4, 0.5) is 0 Å². The number of nitrogens with one attached hydrogen (secondary N) is 1. The maximum atomic E-state index is 10.6. The molecule has 5 nitrogen and oxygen atoms in total. The van der Waals surface area contributed by atoms with Crippen LogP contribution in [0.25, 0.3) is 10.9 Å². The number of hydrogen-bond acceptors (Lipinski definition) is 2. The first-order valence-electron chi connectivity index (χ1n) is 3.97. The Morgan fingerprint density at radius 3 is 2.80 bits per heavy atom. The molecule has 15 heavy (non-hydrogen) atoms. The van der Waals surface area contributed by atoms with Crippen molar-refractivity contribution in [2.75, 3.05) is 0 Å². The fourth-order valence-corrected chi connectivity index (χ4v) is 1.85. The normalized spacial score (nSPS) is 11.9. The Morgan fingerprint density at radius 2 is 2.13 bits per heavy atom. The van der Waals surface area contributed by atoms with E-state index in [0.29, 0.717) is 15.9 Å². The Hall–Kier alpha value is -1.00. The van der Waals surface area contributed by atoms with Gasteiger partial charge in [-0.2, -0.15) is 0 Å². The Labute approximate surface area is 89.9 Å². The maximum Gasteiger partial charge on any atom is 0.524 e. The molecule has 80 valence electrons. The Morgan fingerprint density at radius 1 is 1.40 bits per heavy atom. The highest BCUT2D eigenvalue weighted by atomic mass is 35.5. The second-order valence-electron chi connectivity index (χ2n) is 2.92. The van der Waals surface area contributed by atoms with Gasteiger partial charge in [-0.3, -0.25) is 9.79 Å². The summed E-state index contributed by atoms with van der Waals surface area (Å²) < 4.78 is 15.1. The molecule has 0 aliphatic rings. The SMILES string of the molecule is O=P(O)(O)Oc1c[nH]c2cc(Cl)ccc12. The van der Waals surface area contributed by atoms with Crippen molar-refractivity contribution in [3.05, 3.63) is 29.4 Å². The predicted molar refractivity (Wildman–Crippen MR) is 56.0 cm³/mol. The number of rotatable bonds is 2. The number of fused-ring (bicyclic) bond motifs is 1. The van der Waals surface area contributed by atoms with Gasteiger partial charge in [-0.25, -0.2) is 4.57 Å². The zero-order chi connectivity index (χ0) is 11.1. The molecular formula is C8H7ClNO4P. The lowest BCUT2D eigenvalue weighted by Gasteiger charge is -2.04. The van der Waals surface area contributed by atoms with Crippen molar-refractivity contribution in [1.29, 1.82) is 0 Å². The van der Waals surface area contributed by atoms with E-state index in [9.17, 15) is 4.57 Å². The molecule has 0 aliphatic heterocycles. The highest BCUT2D eigenvalue weighted by Gasteiger charge is 2.18. The highest BCUT2D eigenvalue weighted by molar-refractivity contribution is 7.46. The summed E-state index contributed by atoms with van der Waals surface area (Å²) in [5.41, 5.74) is 0.658. The van der Waals surface area contributed by atoms with Gasteiger partial charge in [0.2, 0.25) is 0 Å². The zero-order valence-corrected chi connectivity index (χ0v) is 9.00. The Kier molecular flexibility index (Phi) is 2.48. The average Bonchev–Trinajstić information content (AvgIpc) is 2.45. The third-order valence-electron chi connectivity index (χ3n) is 1.82. The summed E-state index contributed by atoms with van der Waals surface area (Å²) in [6.45, 7) is 0. The van der Waals surface area contributed by atoms with Crippen LogP contribution >= 0.6 is 19.4 Å². The minimum Gasteiger partial charge on any atom is -0.402 e. The largest absolute Gasteiger partial charge is 0.524 e. The molecule has 0 saturated carbocycles. The van der Waals surface area contributed by atoms with Crippen molar-refractivity contribution in [3.8, 4) is 5.75 Å². The number of halogens is 1. The molecule has 1 aromatic carbocycles. The molecule has 0 atom stereocenters. The van der Waals surface area contributed by atoms with E-state index in [1.54, 1.807) is 18.2 Å². The van der Waals surface area contributed by atoms with Gasteiger partial charge in [0, 0.05) is 16.6 Å². The quantitative estimate of drug-likeness (QED) is 0.711. The lowest BCUT2D eigenvalue weighted by Crippen LogP contribution is -1.88. The summed E-state index contributed by atoms with van der Waals surface area (Å²) in [7, 11) is -4.52. The van der Waals surface area contributed by atoms with E-state index in [2.05, 4.69) is 9.51 Å². The summed E-state index contributed by atoms with van der Waals surface area (Å²) >= 11 is 5.75. The van der Waals surface area contributed by atoms with Crippen LogP contribution in [-0.2, 0) is 4.57 Å². The van der Waals surface area contributed by atoms with Gasteiger partial charge in [0.1, 0.15) is 0 Å². The minimum atomic E-state index is -4.52. The van der Waals surface area contributed by atoms with Gasteiger partial charge in [-0.1, -0.05) is 11.6 Å². The summed E-state index contributed by atoms with van der Waals surface area (Å²) in [4.78, 5) is 20.1. The predicted octanol–water partition coefficient (Wildman–Crippen LogP) is 2.29. The first-order chi connectivity index (χ1) is 6.96. The van der Waals surface area contributed by atoms with Crippen LogP contribution < -0.4 is 4.52 Å². The molecule has 2 rings (SSSR count). The molecule has 7 heteroatoms. The second-order valence-corrected chi connectivity index (χ2v) is 4.52. The zero-order valence-electron chi connectivity index (χ0n) is 7.35. The molecular weight excluding hydrogens is 241 g/mol. The number of phosphoric acid groups is 1. The number of phosphoric ester groups is 1. The Bertz CT molecular complexity index is 547. The van der Waals surface area contributed by atoms with Crippen LogP contribution in [0.2, 0.25) is 5.02 Å². The van der Waals surface area contributed by atoms with E-state index in [0.717, 1.165) is 0 Å². The Balaban J connectivity index is 2.50. The standard InChI is InChI=1S/C8H7ClNO4P/c9-5-1-2-6-7(3-5)10-4-8(6)14-15(11,12)13/h1-4,10H,(H2,11,12,13). The minimum absolute atomic E-state index is 0.106. The van der Waals surface area contributed by atoms with E-state index in [1.165, 1.54) is 6.20 Å². The van der Waals surface area contributed by atoms with Gasteiger partial charge in [-0.05, 0) is 18.2 Å². The van der Waals surface area contributed by atoms with E-state index >= 15 is 0 Å². The maximum absolute atomic E-state index is 10.6. The van der Waals surface area contributed by atoms with E-state index in [4.69, 9.17) is 21.4 Å². The molecule has 2 aromatic rings. The summed E-state index contributed by atoms with van der Waals surface area (Å²) in [6, 6.07) is 4.88. The van der Waals surface area contributed by atoms with Gasteiger partial charge in [0.25, 0.3) is 0 Å². The van der Waals surface area contributed by atoms with Crippen LogP contribution in [0.1, 0.15) is 0 Å². The average molecular weight is 248 g/mol. The number of aromatic nitrogens is 1. The van der Waals surface area contributed by atoms with Crippen molar-refractivity contribution in [3.63, 3.8) is 0 Å². The van der Waals surface area contributed by atoms with Gasteiger partial charge >= 0.3 is 7.82 Å². The molecule has 0 amide bonds. The van der Waals surface area contributed by atoms with Crippen molar-refractivity contribution >= 4 is 30.3 Å². The fraction of sp³-hybridized carbons (Fsp3) is 0. The van der Waals surface area contributed by atoms with Gasteiger partial charge in [0.15, 0.2) is 5.75 Å². The van der Waals surface area contributed by atoms with Crippen LogP contribution in [-0.4, -0.2) is 14.8 Å². The highest BCUT2D eigenvalue weighted by Crippen LogP contribution is 2.40. The second kappa shape index (κ2) is 3.54. The molecule has 0 radical (unpaired) electrons. The van der Waals surface area contributed by atoms with E-state index in [1.807, 2.05) is 0 Å². The number of hydrogen-bond donors (Lipinski definition) is 3.